The van der Waals surface area contributed by atoms with Crippen LogP contribution < -0.4 is 5.32 Å². The zero-order valence-corrected chi connectivity index (χ0v) is 12.1. The van der Waals surface area contributed by atoms with Crippen molar-refractivity contribution in [2.45, 2.75) is 6.92 Å². The molecule has 0 aromatic heterocycles. The monoisotopic (exact) mass is 321 g/mol. The Labute approximate surface area is 130 Å². The van der Waals surface area contributed by atoms with E-state index in [0.717, 1.165) is 12.1 Å². The molecule has 0 atom stereocenters. The number of anilines is 1. The number of rotatable bonds is 4. The number of hydrogen-bond acceptors (Lipinski definition) is 4. The molecule has 0 unspecified atom stereocenters. The quantitative estimate of drug-likeness (QED) is 0.849. The van der Waals surface area contributed by atoms with Crippen molar-refractivity contribution in [2.24, 2.45) is 0 Å². The Morgan fingerprint density at radius 1 is 1.22 bits per heavy atom. The standard InChI is InChI=1S/C16H13F2NO4/c1-9-3-2-4-11(15(9)21)16(22)23-8-14(20)19-13-6-5-10(17)7-12(13)18/h2-7,21H,8H2,1H3,(H,19,20). The Balaban J connectivity index is 1.96. The first-order chi connectivity index (χ1) is 10.9. The molecule has 5 nitrogen and oxygen atoms in total. The van der Waals surface area contributed by atoms with Crippen LogP contribution in [0.5, 0.6) is 5.75 Å². The Morgan fingerprint density at radius 2 is 1.96 bits per heavy atom. The fourth-order valence-electron chi connectivity index (χ4n) is 1.81. The zero-order chi connectivity index (χ0) is 17.0. The highest BCUT2D eigenvalue weighted by Crippen LogP contribution is 2.22. The van der Waals surface area contributed by atoms with Gasteiger partial charge in [-0.3, -0.25) is 4.79 Å². The lowest BCUT2D eigenvalue weighted by molar-refractivity contribution is -0.119. The van der Waals surface area contributed by atoms with E-state index in [0.29, 0.717) is 11.6 Å². The van der Waals surface area contributed by atoms with Crippen molar-refractivity contribution in [1.29, 1.82) is 0 Å². The van der Waals surface area contributed by atoms with Gasteiger partial charge in [0.2, 0.25) is 0 Å². The number of nitrogens with one attached hydrogen (secondary N) is 1. The fraction of sp³-hybridized carbons (Fsp3) is 0.125. The number of aryl methyl sites for hydroxylation is 1. The van der Waals surface area contributed by atoms with E-state index in [2.05, 4.69) is 5.32 Å². The molecule has 0 fully saturated rings. The lowest BCUT2D eigenvalue weighted by Gasteiger charge is -2.09. The minimum absolute atomic E-state index is 0.0780. The molecule has 0 aliphatic rings. The van der Waals surface area contributed by atoms with Crippen molar-refractivity contribution >= 4 is 17.6 Å². The number of esters is 1. The molecule has 2 rings (SSSR count). The summed E-state index contributed by atoms with van der Waals surface area (Å²) in [6.07, 6.45) is 0. The first-order valence-electron chi connectivity index (χ1n) is 6.59. The maximum Gasteiger partial charge on any atom is 0.342 e. The number of aromatic hydroxyl groups is 1. The van der Waals surface area contributed by atoms with Gasteiger partial charge in [0.25, 0.3) is 5.91 Å². The van der Waals surface area contributed by atoms with Crippen LogP contribution in [0, 0.1) is 18.6 Å². The van der Waals surface area contributed by atoms with Gasteiger partial charge in [-0.2, -0.15) is 0 Å². The van der Waals surface area contributed by atoms with E-state index >= 15 is 0 Å². The van der Waals surface area contributed by atoms with E-state index in [4.69, 9.17) is 4.74 Å². The Hall–Kier alpha value is -2.96. The van der Waals surface area contributed by atoms with Crippen LogP contribution in [0.1, 0.15) is 15.9 Å². The summed E-state index contributed by atoms with van der Waals surface area (Å²) in [6, 6.07) is 7.16. The fourth-order valence-corrected chi connectivity index (χ4v) is 1.81. The van der Waals surface area contributed by atoms with Crippen LogP contribution in [0.25, 0.3) is 0 Å². The summed E-state index contributed by atoms with van der Waals surface area (Å²) in [5.41, 5.74) is 0.175. The number of ether oxygens (including phenoxy) is 1. The lowest BCUT2D eigenvalue weighted by atomic mass is 10.1. The number of phenolic OH excluding ortho intramolecular Hbond substituents is 1. The van der Waals surface area contributed by atoms with Gasteiger partial charge in [0.1, 0.15) is 22.9 Å². The molecule has 2 aromatic rings. The molecule has 0 spiro atoms. The van der Waals surface area contributed by atoms with Crippen molar-refractivity contribution < 1.29 is 28.2 Å². The van der Waals surface area contributed by atoms with E-state index in [9.17, 15) is 23.5 Å². The van der Waals surface area contributed by atoms with Crippen LogP contribution in [0.2, 0.25) is 0 Å². The summed E-state index contributed by atoms with van der Waals surface area (Å²) in [4.78, 5) is 23.4. The molecule has 0 heterocycles. The van der Waals surface area contributed by atoms with Crippen molar-refractivity contribution in [1.82, 2.24) is 0 Å². The van der Waals surface area contributed by atoms with Crippen LogP contribution in [0.15, 0.2) is 36.4 Å². The summed E-state index contributed by atoms with van der Waals surface area (Å²) in [7, 11) is 0. The second-order valence-electron chi connectivity index (χ2n) is 4.72. The molecular weight excluding hydrogens is 308 g/mol. The van der Waals surface area contributed by atoms with Crippen LogP contribution in [0.3, 0.4) is 0 Å². The topological polar surface area (TPSA) is 75.6 Å². The largest absolute Gasteiger partial charge is 0.507 e. The van der Waals surface area contributed by atoms with Gasteiger partial charge in [-0.15, -0.1) is 0 Å². The van der Waals surface area contributed by atoms with Gasteiger partial charge >= 0.3 is 5.97 Å². The third-order valence-electron chi connectivity index (χ3n) is 3.00. The lowest BCUT2D eigenvalue weighted by Crippen LogP contribution is -2.21. The number of amides is 1. The Kier molecular flexibility index (Phi) is 4.90. The highest BCUT2D eigenvalue weighted by atomic mass is 19.1. The van der Waals surface area contributed by atoms with Crippen LogP contribution in [-0.4, -0.2) is 23.6 Å². The van der Waals surface area contributed by atoms with Crippen molar-refractivity contribution in [3.8, 4) is 5.75 Å². The SMILES string of the molecule is Cc1cccc(C(=O)OCC(=O)Nc2ccc(F)cc2F)c1O. The second-order valence-corrected chi connectivity index (χ2v) is 4.72. The molecule has 0 aliphatic carbocycles. The molecule has 0 radical (unpaired) electrons. The number of carbonyl (C=O) groups is 2. The maximum absolute atomic E-state index is 13.4. The third-order valence-corrected chi connectivity index (χ3v) is 3.00. The smallest absolute Gasteiger partial charge is 0.342 e. The van der Waals surface area contributed by atoms with Crippen LogP contribution in [-0.2, 0) is 9.53 Å². The summed E-state index contributed by atoms with van der Waals surface area (Å²) >= 11 is 0. The van der Waals surface area contributed by atoms with Crippen molar-refractivity contribution in [2.75, 3.05) is 11.9 Å². The minimum Gasteiger partial charge on any atom is -0.507 e. The Morgan fingerprint density at radius 3 is 2.65 bits per heavy atom. The summed E-state index contributed by atoms with van der Waals surface area (Å²) < 4.78 is 30.9. The van der Waals surface area contributed by atoms with Gasteiger partial charge in [0.15, 0.2) is 6.61 Å². The number of halogens is 2. The molecule has 7 heteroatoms. The van der Waals surface area contributed by atoms with Crippen LogP contribution in [0.4, 0.5) is 14.5 Å². The predicted molar refractivity (Wildman–Crippen MR) is 78.1 cm³/mol. The van der Waals surface area contributed by atoms with Gasteiger partial charge in [0.05, 0.1) is 5.69 Å². The van der Waals surface area contributed by atoms with E-state index < -0.39 is 30.1 Å². The number of hydrogen-bond donors (Lipinski definition) is 2. The predicted octanol–water partition coefficient (Wildman–Crippen LogP) is 2.77. The minimum atomic E-state index is -0.944. The molecule has 1 amide bonds. The van der Waals surface area contributed by atoms with Gasteiger partial charge < -0.3 is 15.2 Å². The van der Waals surface area contributed by atoms with E-state index in [1.807, 2.05) is 0 Å². The molecule has 2 aromatic carbocycles. The summed E-state index contributed by atoms with van der Waals surface area (Å²) in [5, 5.41) is 11.9. The van der Waals surface area contributed by atoms with Crippen molar-refractivity contribution in [3.63, 3.8) is 0 Å². The molecule has 0 saturated heterocycles. The Bertz CT molecular complexity index is 762. The van der Waals surface area contributed by atoms with E-state index in [1.165, 1.54) is 6.07 Å². The zero-order valence-electron chi connectivity index (χ0n) is 12.1. The molecule has 120 valence electrons. The number of phenols is 1. The molecular formula is C16H13F2NO4. The summed E-state index contributed by atoms with van der Waals surface area (Å²) in [6.45, 7) is 0.930. The number of benzene rings is 2. The molecule has 2 N–H and O–H groups in total. The van der Waals surface area contributed by atoms with Crippen LogP contribution >= 0.6 is 0 Å². The first kappa shape index (κ1) is 16.4. The molecule has 0 saturated carbocycles. The average Bonchev–Trinajstić information content (AvgIpc) is 2.50. The maximum atomic E-state index is 13.4. The molecule has 23 heavy (non-hydrogen) atoms. The first-order valence-corrected chi connectivity index (χ1v) is 6.59. The second kappa shape index (κ2) is 6.87. The van der Waals surface area contributed by atoms with Gasteiger partial charge in [-0.1, -0.05) is 12.1 Å². The molecule has 0 aliphatic heterocycles. The van der Waals surface area contributed by atoms with Gasteiger partial charge in [-0.05, 0) is 30.7 Å². The number of carbonyl (C=O) groups excluding carboxylic acids is 2. The average molecular weight is 321 g/mol. The summed E-state index contributed by atoms with van der Waals surface area (Å²) in [5.74, 6) is -3.64. The highest BCUT2D eigenvalue weighted by molar-refractivity contribution is 5.97. The van der Waals surface area contributed by atoms with Crippen molar-refractivity contribution in [3.05, 3.63) is 59.2 Å². The third kappa shape index (κ3) is 4.03. The van der Waals surface area contributed by atoms with E-state index in [1.54, 1.807) is 19.1 Å². The van der Waals surface area contributed by atoms with Gasteiger partial charge in [0, 0.05) is 6.07 Å². The van der Waals surface area contributed by atoms with E-state index in [-0.39, 0.29) is 17.0 Å². The molecule has 0 bridgehead atoms. The normalized spacial score (nSPS) is 10.2. The van der Waals surface area contributed by atoms with Gasteiger partial charge in [-0.25, -0.2) is 13.6 Å². The number of para-hydroxylation sites is 1. The highest BCUT2D eigenvalue weighted by Gasteiger charge is 2.16.